The van der Waals surface area contributed by atoms with Gasteiger partial charge in [-0.15, -0.1) is 0 Å². The van der Waals surface area contributed by atoms with Crippen LogP contribution in [0.3, 0.4) is 0 Å². The fourth-order valence-corrected chi connectivity index (χ4v) is 2.15. The van der Waals surface area contributed by atoms with Gasteiger partial charge in [0, 0.05) is 23.1 Å². The van der Waals surface area contributed by atoms with Crippen molar-refractivity contribution < 1.29 is 9.90 Å². The Labute approximate surface area is 128 Å². The number of carboxylic acid groups (broad SMARTS) is 1. The third kappa shape index (κ3) is 3.12. The average molecular weight is 290 g/mol. The van der Waals surface area contributed by atoms with E-state index in [9.17, 15) is 4.79 Å². The summed E-state index contributed by atoms with van der Waals surface area (Å²) >= 11 is 0. The van der Waals surface area contributed by atoms with Crippen LogP contribution in [0, 0.1) is 0 Å². The molecular formula is C18H14N2O2. The second kappa shape index (κ2) is 6.10. The molecule has 0 saturated carbocycles. The van der Waals surface area contributed by atoms with Crippen LogP contribution in [0.15, 0.2) is 72.9 Å². The van der Waals surface area contributed by atoms with E-state index >= 15 is 0 Å². The molecule has 0 radical (unpaired) electrons. The lowest BCUT2D eigenvalue weighted by atomic mass is 10.1. The van der Waals surface area contributed by atoms with Gasteiger partial charge in [0.05, 0.1) is 11.3 Å². The molecule has 1 heterocycles. The molecule has 3 rings (SSSR count). The topological polar surface area (TPSA) is 62.2 Å². The number of anilines is 2. The summed E-state index contributed by atoms with van der Waals surface area (Å²) in [6.07, 6.45) is 1.76. The number of aromatic carboxylic acids is 1. The number of hydrogen-bond donors (Lipinski definition) is 2. The molecule has 0 aliphatic heterocycles. The van der Waals surface area contributed by atoms with Gasteiger partial charge < -0.3 is 10.4 Å². The van der Waals surface area contributed by atoms with Crippen molar-refractivity contribution in [3.63, 3.8) is 0 Å². The van der Waals surface area contributed by atoms with Gasteiger partial charge in [0.2, 0.25) is 0 Å². The Morgan fingerprint density at radius 2 is 1.73 bits per heavy atom. The molecule has 0 spiro atoms. The van der Waals surface area contributed by atoms with Crippen LogP contribution in [0.4, 0.5) is 11.4 Å². The average Bonchev–Trinajstić information content (AvgIpc) is 2.56. The smallest absolute Gasteiger partial charge is 0.335 e. The minimum atomic E-state index is -0.936. The minimum absolute atomic E-state index is 0.259. The van der Waals surface area contributed by atoms with Gasteiger partial charge in [0.15, 0.2) is 0 Å². The number of carboxylic acids is 1. The SMILES string of the molecule is O=C(O)c1cccc(Nc2ccc(-c3ccccn3)cc2)c1. The molecule has 2 N–H and O–H groups in total. The molecule has 0 amide bonds. The monoisotopic (exact) mass is 290 g/mol. The van der Waals surface area contributed by atoms with Gasteiger partial charge in [-0.1, -0.05) is 24.3 Å². The third-order valence-electron chi connectivity index (χ3n) is 3.24. The number of rotatable bonds is 4. The summed E-state index contributed by atoms with van der Waals surface area (Å²) in [7, 11) is 0. The van der Waals surface area contributed by atoms with Gasteiger partial charge >= 0.3 is 5.97 Å². The fraction of sp³-hybridized carbons (Fsp3) is 0. The molecule has 1 aromatic heterocycles. The maximum atomic E-state index is 11.0. The number of carbonyl (C=O) groups is 1. The zero-order valence-corrected chi connectivity index (χ0v) is 11.7. The molecule has 22 heavy (non-hydrogen) atoms. The highest BCUT2D eigenvalue weighted by molar-refractivity contribution is 5.89. The van der Waals surface area contributed by atoms with E-state index in [1.165, 1.54) is 0 Å². The number of hydrogen-bond acceptors (Lipinski definition) is 3. The van der Waals surface area contributed by atoms with E-state index in [1.807, 2.05) is 48.5 Å². The Balaban J connectivity index is 1.79. The van der Waals surface area contributed by atoms with E-state index in [0.29, 0.717) is 0 Å². The number of aromatic nitrogens is 1. The highest BCUT2D eigenvalue weighted by Crippen LogP contribution is 2.22. The predicted octanol–water partition coefficient (Wildman–Crippen LogP) is 4.19. The highest BCUT2D eigenvalue weighted by atomic mass is 16.4. The van der Waals surface area contributed by atoms with Crippen LogP contribution >= 0.6 is 0 Å². The number of nitrogens with zero attached hydrogens (tertiary/aromatic N) is 1. The second-order valence-corrected chi connectivity index (χ2v) is 4.80. The molecule has 0 bridgehead atoms. The van der Waals surface area contributed by atoms with Crippen LogP contribution in [0.5, 0.6) is 0 Å². The first kappa shape index (κ1) is 13.8. The van der Waals surface area contributed by atoms with Crippen molar-refractivity contribution in [2.45, 2.75) is 0 Å². The van der Waals surface area contributed by atoms with Crippen LogP contribution in [-0.4, -0.2) is 16.1 Å². The highest BCUT2D eigenvalue weighted by Gasteiger charge is 2.04. The van der Waals surface area contributed by atoms with Crippen LogP contribution in [-0.2, 0) is 0 Å². The lowest BCUT2D eigenvalue weighted by Gasteiger charge is -2.08. The van der Waals surface area contributed by atoms with Gasteiger partial charge in [0.1, 0.15) is 0 Å². The van der Waals surface area contributed by atoms with E-state index in [0.717, 1.165) is 22.6 Å². The minimum Gasteiger partial charge on any atom is -0.478 e. The van der Waals surface area contributed by atoms with Crippen molar-refractivity contribution in [3.05, 3.63) is 78.5 Å². The molecule has 3 aromatic rings. The summed E-state index contributed by atoms with van der Waals surface area (Å²) in [5.41, 5.74) is 3.84. The first-order chi connectivity index (χ1) is 10.7. The first-order valence-corrected chi connectivity index (χ1v) is 6.84. The molecule has 108 valence electrons. The summed E-state index contributed by atoms with van der Waals surface area (Å²) in [4.78, 5) is 15.3. The molecule has 0 atom stereocenters. The van der Waals surface area contributed by atoms with Gasteiger partial charge in [-0.05, 0) is 42.5 Å². The van der Waals surface area contributed by atoms with Crippen LogP contribution in [0.2, 0.25) is 0 Å². The van der Waals surface area contributed by atoms with Crippen molar-refractivity contribution in [1.29, 1.82) is 0 Å². The molecule has 4 nitrogen and oxygen atoms in total. The van der Waals surface area contributed by atoms with Gasteiger partial charge in [-0.3, -0.25) is 4.98 Å². The Morgan fingerprint density at radius 1 is 0.909 bits per heavy atom. The zero-order valence-electron chi connectivity index (χ0n) is 11.7. The predicted molar refractivity (Wildman–Crippen MR) is 86.4 cm³/mol. The van der Waals surface area contributed by atoms with Gasteiger partial charge in [-0.25, -0.2) is 4.79 Å². The van der Waals surface area contributed by atoms with Crippen molar-refractivity contribution in [3.8, 4) is 11.3 Å². The summed E-state index contributed by atoms with van der Waals surface area (Å²) in [6, 6.07) is 20.4. The second-order valence-electron chi connectivity index (χ2n) is 4.80. The van der Waals surface area contributed by atoms with Gasteiger partial charge in [-0.2, -0.15) is 0 Å². The Bertz CT molecular complexity index is 784. The molecule has 0 unspecified atom stereocenters. The van der Waals surface area contributed by atoms with E-state index < -0.39 is 5.97 Å². The number of benzene rings is 2. The van der Waals surface area contributed by atoms with Crippen molar-refractivity contribution in [2.75, 3.05) is 5.32 Å². The molecule has 2 aromatic carbocycles. The lowest BCUT2D eigenvalue weighted by Crippen LogP contribution is -1.97. The normalized spacial score (nSPS) is 10.2. The van der Waals surface area contributed by atoms with E-state index in [4.69, 9.17) is 5.11 Å². The third-order valence-corrected chi connectivity index (χ3v) is 3.24. The molecule has 0 aliphatic rings. The molecular weight excluding hydrogens is 276 g/mol. The maximum Gasteiger partial charge on any atom is 0.335 e. The fourth-order valence-electron chi connectivity index (χ4n) is 2.15. The number of pyridine rings is 1. The molecule has 0 fully saturated rings. The Morgan fingerprint density at radius 3 is 2.41 bits per heavy atom. The van der Waals surface area contributed by atoms with Crippen LogP contribution < -0.4 is 5.32 Å². The van der Waals surface area contributed by atoms with E-state index in [2.05, 4.69) is 10.3 Å². The van der Waals surface area contributed by atoms with Crippen molar-refractivity contribution in [2.24, 2.45) is 0 Å². The van der Waals surface area contributed by atoms with E-state index in [-0.39, 0.29) is 5.56 Å². The van der Waals surface area contributed by atoms with Crippen LogP contribution in [0.25, 0.3) is 11.3 Å². The first-order valence-electron chi connectivity index (χ1n) is 6.84. The lowest BCUT2D eigenvalue weighted by molar-refractivity contribution is 0.0697. The molecule has 0 aliphatic carbocycles. The largest absolute Gasteiger partial charge is 0.478 e. The molecule has 4 heteroatoms. The van der Waals surface area contributed by atoms with Crippen molar-refractivity contribution in [1.82, 2.24) is 4.98 Å². The van der Waals surface area contributed by atoms with Crippen molar-refractivity contribution >= 4 is 17.3 Å². The number of nitrogens with one attached hydrogen (secondary N) is 1. The maximum absolute atomic E-state index is 11.0. The van der Waals surface area contributed by atoms with Gasteiger partial charge in [0.25, 0.3) is 0 Å². The molecule has 0 saturated heterocycles. The van der Waals surface area contributed by atoms with E-state index in [1.54, 1.807) is 24.4 Å². The van der Waals surface area contributed by atoms with Crippen LogP contribution in [0.1, 0.15) is 10.4 Å². The summed E-state index contributed by atoms with van der Waals surface area (Å²) < 4.78 is 0. The standard InChI is InChI=1S/C18H14N2O2/c21-18(22)14-4-3-5-16(12-14)20-15-9-7-13(8-10-15)17-6-1-2-11-19-17/h1-12,20H,(H,21,22). The summed E-state index contributed by atoms with van der Waals surface area (Å²) in [5.74, 6) is -0.936. The quantitative estimate of drug-likeness (QED) is 0.756. The summed E-state index contributed by atoms with van der Waals surface area (Å²) in [6.45, 7) is 0. The summed E-state index contributed by atoms with van der Waals surface area (Å²) in [5, 5.41) is 12.2. The Kier molecular flexibility index (Phi) is 3.83. The zero-order chi connectivity index (χ0) is 15.4. The Hall–Kier alpha value is -3.14.